The van der Waals surface area contributed by atoms with Crippen molar-refractivity contribution in [2.24, 2.45) is 5.73 Å². The van der Waals surface area contributed by atoms with Gasteiger partial charge in [0.05, 0.1) is 0 Å². The molecule has 0 aliphatic carbocycles. The van der Waals surface area contributed by atoms with Crippen molar-refractivity contribution in [2.45, 2.75) is 25.8 Å². The van der Waals surface area contributed by atoms with Gasteiger partial charge >= 0.3 is 6.03 Å². The molecule has 1 saturated heterocycles. The highest BCUT2D eigenvalue weighted by Gasteiger charge is 2.28. The Morgan fingerprint density at radius 3 is 2.41 bits per heavy atom. The third-order valence-electron chi connectivity index (χ3n) is 3.12. The summed E-state index contributed by atoms with van der Waals surface area (Å²) in [6.45, 7) is 4.29. The summed E-state index contributed by atoms with van der Waals surface area (Å²) in [4.78, 5) is 26.4. The summed E-state index contributed by atoms with van der Waals surface area (Å²) in [6, 6.07) is 0.00319. The van der Waals surface area contributed by atoms with Gasteiger partial charge in [-0.3, -0.25) is 4.79 Å². The predicted octanol–water partition coefficient (Wildman–Crippen LogP) is -0.403. The van der Waals surface area contributed by atoms with E-state index in [4.69, 9.17) is 5.73 Å². The van der Waals surface area contributed by atoms with Gasteiger partial charge in [-0.1, -0.05) is 0 Å². The fourth-order valence-electron chi connectivity index (χ4n) is 1.99. The largest absolute Gasteiger partial charge is 0.368 e. The fraction of sp³-hybridized carbons (Fsp3) is 0.818. The van der Waals surface area contributed by atoms with E-state index >= 15 is 0 Å². The molecule has 6 nitrogen and oxygen atoms in total. The highest BCUT2D eigenvalue weighted by atomic mass is 16.2. The van der Waals surface area contributed by atoms with Gasteiger partial charge in [0.2, 0.25) is 5.91 Å². The fourth-order valence-corrected chi connectivity index (χ4v) is 1.99. The molecule has 1 aliphatic rings. The van der Waals surface area contributed by atoms with Crippen LogP contribution in [-0.2, 0) is 4.79 Å². The minimum absolute atomic E-state index is 0.00778. The molecule has 0 aromatic rings. The van der Waals surface area contributed by atoms with Gasteiger partial charge in [-0.2, -0.15) is 0 Å². The zero-order valence-corrected chi connectivity index (χ0v) is 10.6. The van der Waals surface area contributed by atoms with Crippen molar-refractivity contribution in [3.8, 4) is 0 Å². The van der Waals surface area contributed by atoms with Crippen molar-refractivity contribution in [3.63, 3.8) is 0 Å². The maximum Gasteiger partial charge on any atom is 0.320 e. The van der Waals surface area contributed by atoms with Gasteiger partial charge in [-0.15, -0.1) is 0 Å². The molecular formula is C11H22N4O2. The van der Waals surface area contributed by atoms with Crippen LogP contribution in [0.5, 0.6) is 0 Å². The Balaban J connectivity index is 2.70. The lowest BCUT2D eigenvalue weighted by Crippen LogP contribution is -2.52. The van der Waals surface area contributed by atoms with Crippen LogP contribution in [-0.4, -0.2) is 61.0 Å². The van der Waals surface area contributed by atoms with E-state index in [-0.39, 0.29) is 18.6 Å². The minimum Gasteiger partial charge on any atom is -0.368 e. The molecule has 0 atom stereocenters. The maximum atomic E-state index is 12.1. The van der Waals surface area contributed by atoms with Crippen LogP contribution in [0.15, 0.2) is 0 Å². The Morgan fingerprint density at radius 2 is 1.94 bits per heavy atom. The number of hydrogen-bond donors (Lipinski definition) is 2. The molecule has 1 aliphatic heterocycles. The van der Waals surface area contributed by atoms with Crippen molar-refractivity contribution in [3.05, 3.63) is 0 Å². The Labute approximate surface area is 102 Å². The lowest BCUT2D eigenvalue weighted by atomic mass is 10.1. The molecular weight excluding hydrogens is 220 g/mol. The van der Waals surface area contributed by atoms with Crippen LogP contribution in [0.2, 0.25) is 0 Å². The topological polar surface area (TPSA) is 78.7 Å². The standard InChI is InChI=1S/C11H22N4O2/c1-3-14(2)11(17)15(8-10(12)16)9-4-6-13-7-5-9/h9,13H,3-8H2,1-2H3,(H2,12,16). The lowest BCUT2D eigenvalue weighted by Gasteiger charge is -2.36. The Hall–Kier alpha value is -1.30. The molecule has 3 N–H and O–H groups in total. The third-order valence-corrected chi connectivity index (χ3v) is 3.12. The molecule has 3 amide bonds. The van der Waals surface area contributed by atoms with Gasteiger partial charge in [-0.25, -0.2) is 4.79 Å². The summed E-state index contributed by atoms with van der Waals surface area (Å²) in [5, 5.41) is 3.24. The first-order chi connectivity index (χ1) is 8.06. The first-order valence-electron chi connectivity index (χ1n) is 6.07. The second-order valence-corrected chi connectivity index (χ2v) is 4.37. The van der Waals surface area contributed by atoms with Crippen molar-refractivity contribution in [2.75, 3.05) is 33.2 Å². The molecule has 0 saturated carbocycles. The Kier molecular flexibility index (Phi) is 5.21. The molecule has 0 aromatic heterocycles. The molecule has 1 fully saturated rings. The number of urea groups is 1. The number of amides is 3. The molecule has 98 valence electrons. The van der Waals surface area contributed by atoms with E-state index in [1.165, 1.54) is 0 Å². The smallest absolute Gasteiger partial charge is 0.320 e. The number of nitrogens with one attached hydrogen (secondary N) is 1. The molecule has 0 spiro atoms. The van der Waals surface area contributed by atoms with E-state index in [1.54, 1.807) is 16.8 Å². The zero-order valence-electron chi connectivity index (χ0n) is 10.6. The normalized spacial score (nSPS) is 16.6. The van der Waals surface area contributed by atoms with Crippen molar-refractivity contribution < 1.29 is 9.59 Å². The molecule has 0 bridgehead atoms. The molecule has 1 heterocycles. The summed E-state index contributed by atoms with van der Waals surface area (Å²) in [6.07, 6.45) is 1.74. The van der Waals surface area contributed by atoms with Crippen LogP contribution in [0.1, 0.15) is 19.8 Å². The summed E-state index contributed by atoms with van der Waals surface area (Å²) in [7, 11) is 1.73. The van der Waals surface area contributed by atoms with Crippen LogP contribution in [0.3, 0.4) is 0 Å². The number of carbonyl (C=O) groups excluding carboxylic acids is 2. The van der Waals surface area contributed by atoms with Crippen LogP contribution < -0.4 is 11.1 Å². The summed E-state index contributed by atoms with van der Waals surface area (Å²) in [5.74, 6) is -0.457. The number of rotatable bonds is 4. The van der Waals surface area contributed by atoms with Gasteiger partial charge in [0.1, 0.15) is 6.54 Å². The SMILES string of the molecule is CCN(C)C(=O)N(CC(N)=O)C1CCNCC1. The van der Waals surface area contributed by atoms with E-state index in [0.29, 0.717) is 6.54 Å². The van der Waals surface area contributed by atoms with E-state index in [1.807, 2.05) is 6.92 Å². The lowest BCUT2D eigenvalue weighted by molar-refractivity contribution is -0.119. The zero-order chi connectivity index (χ0) is 12.8. The highest BCUT2D eigenvalue weighted by Crippen LogP contribution is 2.13. The van der Waals surface area contributed by atoms with E-state index in [2.05, 4.69) is 5.32 Å². The minimum atomic E-state index is -0.457. The van der Waals surface area contributed by atoms with Gasteiger partial charge in [0.25, 0.3) is 0 Å². The number of nitrogens with two attached hydrogens (primary N) is 1. The average Bonchev–Trinajstić information content (AvgIpc) is 2.35. The number of carbonyl (C=O) groups is 2. The first kappa shape index (κ1) is 13.8. The van der Waals surface area contributed by atoms with Gasteiger partial charge in [-0.05, 0) is 32.9 Å². The number of nitrogens with zero attached hydrogens (tertiary/aromatic N) is 2. The van der Waals surface area contributed by atoms with Crippen LogP contribution in [0, 0.1) is 0 Å². The average molecular weight is 242 g/mol. The molecule has 1 rings (SSSR count). The van der Waals surface area contributed by atoms with Crippen LogP contribution in [0.25, 0.3) is 0 Å². The van der Waals surface area contributed by atoms with Crippen molar-refractivity contribution in [1.29, 1.82) is 0 Å². The molecule has 6 heteroatoms. The summed E-state index contributed by atoms with van der Waals surface area (Å²) >= 11 is 0. The molecule has 0 aromatic carbocycles. The number of primary amides is 1. The number of piperidine rings is 1. The second-order valence-electron chi connectivity index (χ2n) is 4.37. The highest BCUT2D eigenvalue weighted by molar-refractivity contribution is 5.83. The Bertz CT molecular complexity index is 277. The van der Waals surface area contributed by atoms with Crippen molar-refractivity contribution >= 4 is 11.9 Å². The first-order valence-corrected chi connectivity index (χ1v) is 6.07. The monoisotopic (exact) mass is 242 g/mol. The van der Waals surface area contributed by atoms with Gasteiger partial charge < -0.3 is 20.9 Å². The van der Waals surface area contributed by atoms with E-state index < -0.39 is 5.91 Å². The van der Waals surface area contributed by atoms with Crippen LogP contribution >= 0.6 is 0 Å². The molecule has 17 heavy (non-hydrogen) atoms. The maximum absolute atomic E-state index is 12.1. The number of hydrogen-bond acceptors (Lipinski definition) is 3. The summed E-state index contributed by atoms with van der Waals surface area (Å²) in [5.41, 5.74) is 5.21. The van der Waals surface area contributed by atoms with E-state index in [0.717, 1.165) is 25.9 Å². The second kappa shape index (κ2) is 6.44. The van der Waals surface area contributed by atoms with Gasteiger partial charge in [0, 0.05) is 19.6 Å². The molecule has 0 radical (unpaired) electrons. The van der Waals surface area contributed by atoms with Crippen molar-refractivity contribution in [1.82, 2.24) is 15.1 Å². The third kappa shape index (κ3) is 3.89. The Morgan fingerprint density at radius 1 is 1.35 bits per heavy atom. The summed E-state index contributed by atoms with van der Waals surface area (Å²) < 4.78 is 0. The van der Waals surface area contributed by atoms with Crippen LogP contribution in [0.4, 0.5) is 4.79 Å². The van der Waals surface area contributed by atoms with E-state index in [9.17, 15) is 9.59 Å². The molecule has 0 unspecified atom stereocenters. The predicted molar refractivity (Wildman–Crippen MR) is 65.5 cm³/mol. The quantitative estimate of drug-likeness (QED) is 0.704. The van der Waals surface area contributed by atoms with Gasteiger partial charge in [0.15, 0.2) is 0 Å².